The van der Waals surface area contributed by atoms with Crippen LogP contribution in [0.15, 0.2) is 29.3 Å². The van der Waals surface area contributed by atoms with E-state index in [1.165, 1.54) is 0 Å². The first-order chi connectivity index (χ1) is 5.36. The van der Waals surface area contributed by atoms with Crippen LogP contribution in [0.25, 0.3) is 0 Å². The number of nitrogens with zero attached hydrogens (tertiary/aromatic N) is 1. The van der Waals surface area contributed by atoms with Crippen molar-refractivity contribution < 1.29 is 4.79 Å². The van der Waals surface area contributed by atoms with Gasteiger partial charge in [0.05, 0.1) is 0 Å². The molecule has 0 saturated carbocycles. The summed E-state index contributed by atoms with van der Waals surface area (Å²) in [5, 5.41) is 0. The van der Waals surface area contributed by atoms with Crippen molar-refractivity contribution in [3.63, 3.8) is 0 Å². The molecule has 1 aliphatic carbocycles. The number of carbonyl (C=O) groups excluding carboxylic acids is 1. The van der Waals surface area contributed by atoms with Gasteiger partial charge in [0.25, 0.3) is 5.91 Å². The molecular weight excluding hydrogens is 138 g/mol. The van der Waals surface area contributed by atoms with E-state index in [0.29, 0.717) is 5.92 Å². The van der Waals surface area contributed by atoms with Crippen LogP contribution in [-0.2, 0) is 4.79 Å². The topological polar surface area (TPSA) is 29.4 Å². The lowest BCUT2D eigenvalue weighted by Gasteiger charge is -2.18. The van der Waals surface area contributed by atoms with Crippen LogP contribution < -0.4 is 0 Å². The highest BCUT2D eigenvalue weighted by atomic mass is 16.1. The van der Waals surface area contributed by atoms with Gasteiger partial charge in [0, 0.05) is 24.1 Å². The molecule has 0 spiro atoms. The maximum Gasteiger partial charge on any atom is 0.269 e. The summed E-state index contributed by atoms with van der Waals surface area (Å²) in [5.41, 5.74) is 1.03. The smallest absolute Gasteiger partial charge is 0.267 e. The minimum atomic E-state index is -0.105. The number of amides is 1. The summed E-state index contributed by atoms with van der Waals surface area (Å²) in [6.45, 7) is 0. The zero-order valence-electron chi connectivity index (χ0n) is 6.16. The van der Waals surface area contributed by atoms with Crippen LogP contribution in [0.1, 0.15) is 12.8 Å². The van der Waals surface area contributed by atoms with E-state index in [4.69, 9.17) is 0 Å². The molecule has 0 N–H and O–H groups in total. The SMILES string of the molecule is O=C1C=CC2CC=CCC2=N1. The van der Waals surface area contributed by atoms with Crippen molar-refractivity contribution in [2.75, 3.05) is 0 Å². The van der Waals surface area contributed by atoms with Gasteiger partial charge in [-0.3, -0.25) is 4.79 Å². The van der Waals surface area contributed by atoms with Crippen molar-refractivity contribution in [3.8, 4) is 0 Å². The average Bonchev–Trinajstić information content (AvgIpc) is 2.04. The third-order valence-electron chi connectivity index (χ3n) is 2.04. The zero-order chi connectivity index (χ0) is 7.68. The molecule has 11 heavy (non-hydrogen) atoms. The average molecular weight is 147 g/mol. The van der Waals surface area contributed by atoms with Crippen molar-refractivity contribution in [2.24, 2.45) is 10.9 Å². The highest BCUT2D eigenvalue weighted by molar-refractivity contribution is 6.05. The second kappa shape index (κ2) is 2.46. The normalized spacial score (nSPS) is 28.2. The summed E-state index contributed by atoms with van der Waals surface area (Å²) >= 11 is 0. The quantitative estimate of drug-likeness (QED) is 0.477. The van der Waals surface area contributed by atoms with E-state index in [0.717, 1.165) is 18.6 Å². The Morgan fingerprint density at radius 2 is 2.36 bits per heavy atom. The highest BCUT2D eigenvalue weighted by Gasteiger charge is 2.18. The van der Waals surface area contributed by atoms with Gasteiger partial charge in [0.15, 0.2) is 0 Å². The Hall–Kier alpha value is -1.18. The molecule has 1 amide bonds. The van der Waals surface area contributed by atoms with Crippen LogP contribution in [0.4, 0.5) is 0 Å². The van der Waals surface area contributed by atoms with Crippen molar-refractivity contribution in [1.29, 1.82) is 0 Å². The van der Waals surface area contributed by atoms with Gasteiger partial charge in [-0.05, 0) is 6.42 Å². The van der Waals surface area contributed by atoms with Gasteiger partial charge >= 0.3 is 0 Å². The Labute approximate surface area is 65.3 Å². The lowest BCUT2D eigenvalue weighted by molar-refractivity contribution is -0.113. The number of aliphatic imine (C=N–C) groups is 1. The summed E-state index contributed by atoms with van der Waals surface area (Å²) in [5.74, 6) is 0.296. The number of dihydropyridines is 1. The van der Waals surface area contributed by atoms with Crippen LogP contribution >= 0.6 is 0 Å². The number of carbonyl (C=O) groups is 1. The van der Waals surface area contributed by atoms with E-state index in [1.807, 2.05) is 6.08 Å². The molecule has 2 aliphatic rings. The molecule has 0 aromatic heterocycles. The van der Waals surface area contributed by atoms with Gasteiger partial charge in [0.2, 0.25) is 0 Å². The molecule has 1 aliphatic heterocycles. The minimum Gasteiger partial charge on any atom is -0.267 e. The van der Waals surface area contributed by atoms with Gasteiger partial charge < -0.3 is 0 Å². The minimum absolute atomic E-state index is 0.105. The third-order valence-corrected chi connectivity index (χ3v) is 2.04. The maximum atomic E-state index is 10.8. The first kappa shape index (κ1) is 6.53. The van der Waals surface area contributed by atoms with Crippen LogP contribution in [0.3, 0.4) is 0 Å². The van der Waals surface area contributed by atoms with E-state index in [-0.39, 0.29) is 5.91 Å². The van der Waals surface area contributed by atoms with Crippen molar-refractivity contribution in [3.05, 3.63) is 24.3 Å². The Kier molecular flexibility index (Phi) is 1.46. The summed E-state index contributed by atoms with van der Waals surface area (Å²) in [6.07, 6.45) is 9.58. The second-order valence-corrected chi connectivity index (χ2v) is 2.82. The summed E-state index contributed by atoms with van der Waals surface area (Å²) in [4.78, 5) is 14.8. The molecule has 0 fully saturated rings. The molecule has 0 bridgehead atoms. The largest absolute Gasteiger partial charge is 0.269 e. The first-order valence-corrected chi connectivity index (χ1v) is 3.81. The molecule has 2 heteroatoms. The number of hydrogen-bond acceptors (Lipinski definition) is 1. The van der Waals surface area contributed by atoms with Crippen molar-refractivity contribution in [2.45, 2.75) is 12.8 Å². The van der Waals surface area contributed by atoms with Gasteiger partial charge in [0.1, 0.15) is 0 Å². The predicted molar refractivity (Wildman–Crippen MR) is 43.4 cm³/mol. The van der Waals surface area contributed by atoms with Gasteiger partial charge in [-0.2, -0.15) is 0 Å². The molecule has 56 valence electrons. The van der Waals surface area contributed by atoms with Crippen molar-refractivity contribution in [1.82, 2.24) is 0 Å². The van der Waals surface area contributed by atoms with Crippen LogP contribution in [0.5, 0.6) is 0 Å². The second-order valence-electron chi connectivity index (χ2n) is 2.82. The molecule has 1 heterocycles. The Morgan fingerprint density at radius 3 is 3.27 bits per heavy atom. The lowest BCUT2D eigenvalue weighted by Crippen LogP contribution is -2.19. The number of fused-ring (bicyclic) bond motifs is 1. The molecule has 0 radical (unpaired) electrons. The van der Waals surface area contributed by atoms with E-state index in [1.54, 1.807) is 6.08 Å². The fraction of sp³-hybridized carbons (Fsp3) is 0.333. The van der Waals surface area contributed by atoms with Crippen molar-refractivity contribution >= 4 is 11.6 Å². The Bertz CT molecular complexity index is 273. The lowest BCUT2D eigenvalue weighted by atomic mass is 9.90. The Balaban J connectivity index is 2.30. The molecular formula is C9H9NO. The van der Waals surface area contributed by atoms with Gasteiger partial charge in [-0.1, -0.05) is 18.2 Å². The molecule has 0 saturated heterocycles. The first-order valence-electron chi connectivity index (χ1n) is 3.81. The fourth-order valence-electron chi connectivity index (χ4n) is 1.43. The van der Waals surface area contributed by atoms with Crippen LogP contribution in [-0.4, -0.2) is 11.6 Å². The fourth-order valence-corrected chi connectivity index (χ4v) is 1.43. The van der Waals surface area contributed by atoms with Crippen LogP contribution in [0.2, 0.25) is 0 Å². The van der Waals surface area contributed by atoms with E-state index in [2.05, 4.69) is 17.1 Å². The molecule has 2 rings (SSSR count). The monoisotopic (exact) mass is 147 g/mol. The summed E-state index contributed by atoms with van der Waals surface area (Å²) < 4.78 is 0. The van der Waals surface area contributed by atoms with Crippen LogP contribution in [0, 0.1) is 5.92 Å². The maximum absolute atomic E-state index is 10.8. The third kappa shape index (κ3) is 1.16. The zero-order valence-corrected chi connectivity index (χ0v) is 6.16. The molecule has 1 atom stereocenters. The molecule has 1 unspecified atom stereocenters. The summed E-state index contributed by atoms with van der Waals surface area (Å²) in [7, 11) is 0. The number of rotatable bonds is 0. The molecule has 0 aromatic rings. The molecule has 2 nitrogen and oxygen atoms in total. The molecule has 0 aromatic carbocycles. The number of hydrogen-bond donors (Lipinski definition) is 0. The predicted octanol–water partition coefficient (Wildman–Crippen LogP) is 1.49. The van der Waals surface area contributed by atoms with E-state index >= 15 is 0 Å². The number of allylic oxidation sites excluding steroid dienone is 3. The highest BCUT2D eigenvalue weighted by Crippen LogP contribution is 2.20. The van der Waals surface area contributed by atoms with E-state index < -0.39 is 0 Å². The Morgan fingerprint density at radius 1 is 1.45 bits per heavy atom. The van der Waals surface area contributed by atoms with Gasteiger partial charge in [-0.25, -0.2) is 4.99 Å². The standard InChI is InChI=1S/C9H9NO/c11-9-6-5-7-3-1-2-4-8(7)10-9/h1-2,5-7H,3-4H2. The van der Waals surface area contributed by atoms with E-state index in [9.17, 15) is 4.79 Å². The summed E-state index contributed by atoms with van der Waals surface area (Å²) in [6, 6.07) is 0. The van der Waals surface area contributed by atoms with Gasteiger partial charge in [-0.15, -0.1) is 0 Å².